The van der Waals surface area contributed by atoms with Crippen molar-refractivity contribution in [2.45, 2.75) is 44.4 Å². The Morgan fingerprint density at radius 1 is 1.21 bits per heavy atom. The van der Waals surface area contributed by atoms with Crippen LogP contribution in [0.2, 0.25) is 0 Å². The van der Waals surface area contributed by atoms with E-state index in [0.717, 1.165) is 25.7 Å². The van der Waals surface area contributed by atoms with Crippen molar-refractivity contribution >= 4 is 6.08 Å². The molecule has 0 saturated heterocycles. The number of rotatable bonds is 3. The van der Waals surface area contributed by atoms with Crippen molar-refractivity contribution < 1.29 is 13.6 Å². The lowest BCUT2D eigenvalue weighted by Gasteiger charge is -2.23. The molecule has 0 radical (unpaired) electrons. The van der Waals surface area contributed by atoms with Crippen molar-refractivity contribution in [2.75, 3.05) is 6.54 Å². The summed E-state index contributed by atoms with van der Waals surface area (Å²) in [5.74, 6) is -3.41. The second kappa shape index (κ2) is 5.20. The third-order valence-corrected chi connectivity index (χ3v) is 2.81. The third kappa shape index (κ3) is 3.18. The van der Waals surface area contributed by atoms with Crippen LogP contribution in [0.25, 0.3) is 0 Å². The fourth-order valence-corrected chi connectivity index (χ4v) is 1.97. The molecule has 1 aliphatic carbocycles. The molecule has 0 aliphatic heterocycles. The Balaban J connectivity index is 2.54. The molecule has 0 aromatic heterocycles. The number of hydrogen-bond donors (Lipinski definition) is 0. The molecule has 0 heterocycles. The molecule has 4 heteroatoms. The van der Waals surface area contributed by atoms with Crippen LogP contribution in [0.4, 0.5) is 8.78 Å². The largest absolute Gasteiger partial charge is 0.270 e. The summed E-state index contributed by atoms with van der Waals surface area (Å²) in [6, 6.07) is 0. The van der Waals surface area contributed by atoms with E-state index in [0.29, 0.717) is 12.8 Å². The topological polar surface area (TPSA) is 29.4 Å². The lowest BCUT2D eigenvalue weighted by molar-refractivity contribution is -0.0537. The van der Waals surface area contributed by atoms with Gasteiger partial charge in [-0.1, -0.05) is 25.7 Å². The van der Waals surface area contributed by atoms with Gasteiger partial charge in [0.2, 0.25) is 6.08 Å². The number of nitrogens with zero attached hydrogens (tertiary/aromatic N) is 1. The molecule has 0 atom stereocenters. The first-order chi connectivity index (χ1) is 6.67. The molecule has 0 unspecified atom stereocenters. The van der Waals surface area contributed by atoms with E-state index in [1.807, 2.05) is 0 Å². The second-order valence-corrected chi connectivity index (χ2v) is 3.86. The Bertz CT molecular complexity index is 216. The molecule has 1 aliphatic rings. The van der Waals surface area contributed by atoms with Gasteiger partial charge in [-0.15, -0.1) is 0 Å². The smallest absolute Gasteiger partial charge is 0.211 e. The van der Waals surface area contributed by atoms with Gasteiger partial charge in [0.05, 0.1) is 0 Å². The summed E-state index contributed by atoms with van der Waals surface area (Å²) in [7, 11) is 0. The Morgan fingerprint density at radius 3 is 2.29 bits per heavy atom. The number of carbonyl (C=O) groups excluding carboxylic acids is 1. The number of alkyl halides is 2. The second-order valence-electron chi connectivity index (χ2n) is 3.86. The monoisotopic (exact) mass is 203 g/mol. The number of hydrogen-bond acceptors (Lipinski definition) is 2. The average Bonchev–Trinajstić information content (AvgIpc) is 2.43. The van der Waals surface area contributed by atoms with Gasteiger partial charge in [0.25, 0.3) is 5.92 Å². The summed E-state index contributed by atoms with van der Waals surface area (Å²) in [5, 5.41) is 0. The van der Waals surface area contributed by atoms with Crippen molar-refractivity contribution in [2.24, 2.45) is 10.9 Å². The van der Waals surface area contributed by atoms with Crippen molar-refractivity contribution in [1.29, 1.82) is 0 Å². The highest BCUT2D eigenvalue weighted by atomic mass is 19.3. The van der Waals surface area contributed by atoms with Crippen molar-refractivity contribution in [3.8, 4) is 0 Å². The molecule has 0 amide bonds. The summed E-state index contributed by atoms with van der Waals surface area (Å²) >= 11 is 0. The first kappa shape index (κ1) is 11.3. The van der Waals surface area contributed by atoms with Crippen LogP contribution in [-0.2, 0) is 4.79 Å². The Kier molecular flexibility index (Phi) is 4.21. The number of halogens is 2. The first-order valence-corrected chi connectivity index (χ1v) is 5.08. The van der Waals surface area contributed by atoms with Gasteiger partial charge in [-0.05, 0) is 12.8 Å². The van der Waals surface area contributed by atoms with Gasteiger partial charge < -0.3 is 0 Å². The minimum absolute atomic E-state index is 0.557. The Labute approximate surface area is 82.4 Å². The zero-order valence-electron chi connectivity index (χ0n) is 8.14. The Hall–Kier alpha value is -0.760. The van der Waals surface area contributed by atoms with Gasteiger partial charge in [-0.25, -0.2) is 13.6 Å². The van der Waals surface area contributed by atoms with Crippen LogP contribution in [0.5, 0.6) is 0 Å². The molecule has 0 bridgehead atoms. The molecule has 0 spiro atoms. The SMILES string of the molecule is O=C=NCC(F)(F)C1CCCCCC1. The van der Waals surface area contributed by atoms with Gasteiger partial charge in [0.1, 0.15) is 6.54 Å². The molecule has 1 saturated carbocycles. The van der Waals surface area contributed by atoms with Crippen LogP contribution in [0.15, 0.2) is 4.99 Å². The van der Waals surface area contributed by atoms with E-state index >= 15 is 0 Å². The summed E-state index contributed by atoms with van der Waals surface area (Å²) in [6.07, 6.45) is 6.11. The minimum Gasteiger partial charge on any atom is -0.211 e. The van der Waals surface area contributed by atoms with Crippen molar-refractivity contribution in [3.05, 3.63) is 0 Å². The van der Waals surface area contributed by atoms with Crippen molar-refractivity contribution in [1.82, 2.24) is 0 Å². The van der Waals surface area contributed by atoms with Crippen molar-refractivity contribution in [3.63, 3.8) is 0 Å². The highest BCUT2D eigenvalue weighted by molar-refractivity contribution is 5.33. The van der Waals surface area contributed by atoms with Gasteiger partial charge in [0, 0.05) is 5.92 Å². The van der Waals surface area contributed by atoms with E-state index in [-0.39, 0.29) is 0 Å². The lowest BCUT2D eigenvalue weighted by Crippen LogP contribution is -2.31. The molecule has 0 aromatic rings. The highest BCUT2D eigenvalue weighted by Gasteiger charge is 2.38. The van der Waals surface area contributed by atoms with E-state index in [9.17, 15) is 13.6 Å². The average molecular weight is 203 g/mol. The third-order valence-electron chi connectivity index (χ3n) is 2.81. The maximum atomic E-state index is 13.4. The van der Waals surface area contributed by atoms with Gasteiger partial charge in [-0.3, -0.25) is 0 Å². The molecular weight excluding hydrogens is 188 g/mol. The molecule has 0 N–H and O–H groups in total. The molecule has 1 fully saturated rings. The predicted octanol–water partition coefficient (Wildman–Crippen LogP) is 2.93. The molecule has 0 aromatic carbocycles. The van der Waals surface area contributed by atoms with Crippen LogP contribution >= 0.6 is 0 Å². The summed E-state index contributed by atoms with van der Waals surface area (Å²) in [6.45, 7) is -0.693. The zero-order valence-corrected chi connectivity index (χ0v) is 8.14. The van der Waals surface area contributed by atoms with E-state index in [2.05, 4.69) is 4.99 Å². The summed E-state index contributed by atoms with van der Waals surface area (Å²) < 4.78 is 26.8. The van der Waals surface area contributed by atoms with E-state index in [1.165, 1.54) is 6.08 Å². The van der Waals surface area contributed by atoms with Crippen LogP contribution < -0.4 is 0 Å². The zero-order chi connectivity index (χ0) is 10.4. The normalized spacial score (nSPS) is 19.9. The fraction of sp³-hybridized carbons (Fsp3) is 0.900. The molecule has 2 nitrogen and oxygen atoms in total. The standard InChI is InChI=1S/C10H15F2NO/c11-10(12,7-13-8-14)9-5-3-1-2-4-6-9/h9H,1-7H2. The van der Waals surface area contributed by atoms with Gasteiger partial charge >= 0.3 is 0 Å². The minimum atomic E-state index is -2.82. The number of aliphatic imine (C=N–C) groups is 1. The number of isocyanates is 1. The van der Waals surface area contributed by atoms with Gasteiger partial charge in [0.15, 0.2) is 0 Å². The fourth-order valence-electron chi connectivity index (χ4n) is 1.97. The van der Waals surface area contributed by atoms with E-state index < -0.39 is 18.4 Å². The summed E-state index contributed by atoms with van der Waals surface area (Å²) in [5.41, 5.74) is 0. The van der Waals surface area contributed by atoms with E-state index in [4.69, 9.17) is 0 Å². The quantitative estimate of drug-likeness (QED) is 0.394. The van der Waals surface area contributed by atoms with Crippen LogP contribution in [0.3, 0.4) is 0 Å². The molecule has 1 rings (SSSR count). The van der Waals surface area contributed by atoms with Gasteiger partial charge in [-0.2, -0.15) is 4.99 Å². The van der Waals surface area contributed by atoms with E-state index in [1.54, 1.807) is 0 Å². The molecular formula is C10H15F2NO. The van der Waals surface area contributed by atoms with Crippen LogP contribution in [-0.4, -0.2) is 18.5 Å². The Morgan fingerprint density at radius 2 is 1.79 bits per heavy atom. The maximum Gasteiger partial charge on any atom is 0.270 e. The maximum absolute atomic E-state index is 13.4. The lowest BCUT2D eigenvalue weighted by atomic mass is 9.93. The predicted molar refractivity (Wildman–Crippen MR) is 49.1 cm³/mol. The van der Waals surface area contributed by atoms with Crippen LogP contribution in [0.1, 0.15) is 38.5 Å². The highest BCUT2D eigenvalue weighted by Crippen LogP contribution is 2.35. The molecule has 14 heavy (non-hydrogen) atoms. The first-order valence-electron chi connectivity index (χ1n) is 5.08. The summed E-state index contributed by atoms with van der Waals surface area (Å²) in [4.78, 5) is 12.8. The molecule has 80 valence electrons. The van der Waals surface area contributed by atoms with Crippen LogP contribution in [0, 0.1) is 5.92 Å².